The van der Waals surface area contributed by atoms with E-state index in [9.17, 15) is 9.59 Å². The van der Waals surface area contributed by atoms with Crippen LogP contribution in [0, 0.1) is 5.41 Å². The smallest absolute Gasteiger partial charge is 0.250 e. The van der Waals surface area contributed by atoms with Gasteiger partial charge < -0.3 is 25.5 Å². The van der Waals surface area contributed by atoms with E-state index in [2.05, 4.69) is 20.6 Å². The van der Waals surface area contributed by atoms with Crippen LogP contribution in [0.2, 0.25) is 5.02 Å². The first kappa shape index (κ1) is 26.5. The molecular formula is C27H27ClN8O2. The van der Waals surface area contributed by atoms with E-state index in [1.54, 1.807) is 52.0 Å². The fraction of sp³-hybridized carbons (Fsp3) is 0.185. The van der Waals surface area contributed by atoms with Gasteiger partial charge in [0.15, 0.2) is 5.82 Å². The number of rotatable bonds is 9. The quantitative estimate of drug-likeness (QED) is 0.283. The number of aromatic nitrogens is 4. The van der Waals surface area contributed by atoms with Crippen LogP contribution in [0.1, 0.15) is 11.4 Å². The number of aryl methyl sites for hydroxylation is 1. The largest absolute Gasteiger partial charge is 0.381 e. The average molecular weight is 531 g/mol. The van der Waals surface area contributed by atoms with E-state index in [1.165, 1.54) is 15.5 Å². The van der Waals surface area contributed by atoms with Crippen molar-refractivity contribution in [3.63, 3.8) is 0 Å². The van der Waals surface area contributed by atoms with Crippen molar-refractivity contribution in [1.82, 2.24) is 29.7 Å². The van der Waals surface area contributed by atoms with E-state index in [-0.39, 0.29) is 18.0 Å². The van der Waals surface area contributed by atoms with Crippen LogP contribution in [0.5, 0.6) is 0 Å². The summed E-state index contributed by atoms with van der Waals surface area (Å²) in [5, 5.41) is 15.5. The van der Waals surface area contributed by atoms with Gasteiger partial charge in [-0.2, -0.15) is 0 Å². The molecule has 3 N–H and O–H groups in total. The van der Waals surface area contributed by atoms with Crippen LogP contribution in [-0.4, -0.2) is 57.2 Å². The van der Waals surface area contributed by atoms with Gasteiger partial charge in [0.2, 0.25) is 11.5 Å². The molecule has 0 aliphatic carbocycles. The average Bonchev–Trinajstić information content (AvgIpc) is 2.90. The lowest BCUT2D eigenvalue weighted by Gasteiger charge is -2.13. The van der Waals surface area contributed by atoms with E-state index in [0.717, 1.165) is 28.3 Å². The molecule has 38 heavy (non-hydrogen) atoms. The van der Waals surface area contributed by atoms with Gasteiger partial charge in [-0.25, -0.2) is 9.97 Å². The summed E-state index contributed by atoms with van der Waals surface area (Å²) in [6, 6.07) is 10.9. The minimum Gasteiger partial charge on any atom is -0.381 e. The molecule has 194 valence electrons. The van der Waals surface area contributed by atoms with Gasteiger partial charge in [0.1, 0.15) is 5.82 Å². The zero-order valence-corrected chi connectivity index (χ0v) is 22.0. The second-order valence-electron chi connectivity index (χ2n) is 8.77. The third-order valence-corrected chi connectivity index (χ3v) is 5.97. The third kappa shape index (κ3) is 6.22. The van der Waals surface area contributed by atoms with Crippen LogP contribution in [0.4, 0.5) is 5.82 Å². The van der Waals surface area contributed by atoms with Crippen molar-refractivity contribution in [1.29, 1.82) is 5.41 Å². The van der Waals surface area contributed by atoms with E-state index < -0.39 is 0 Å². The SMILES string of the molecule is CN(C)C(=O)CN/C=C(\C=N)c1nc(NCc2cncc(Cl)c2)c2cc(-c3ccc(=O)n(C)c3)ccc2n1. The van der Waals surface area contributed by atoms with E-state index >= 15 is 0 Å². The van der Waals surface area contributed by atoms with E-state index in [4.69, 9.17) is 22.0 Å². The van der Waals surface area contributed by atoms with Gasteiger partial charge in [-0.15, -0.1) is 0 Å². The van der Waals surface area contributed by atoms with Crippen molar-refractivity contribution >= 4 is 46.0 Å². The van der Waals surface area contributed by atoms with Gasteiger partial charge in [0.05, 0.1) is 22.7 Å². The predicted octanol–water partition coefficient (Wildman–Crippen LogP) is 3.32. The molecule has 1 amide bonds. The van der Waals surface area contributed by atoms with Gasteiger partial charge in [-0.05, 0) is 41.0 Å². The number of carbonyl (C=O) groups is 1. The molecule has 0 fully saturated rings. The number of nitrogens with zero attached hydrogens (tertiary/aromatic N) is 5. The lowest BCUT2D eigenvalue weighted by molar-refractivity contribution is -0.127. The molecule has 0 saturated carbocycles. The van der Waals surface area contributed by atoms with Gasteiger partial charge in [-0.1, -0.05) is 17.7 Å². The Balaban J connectivity index is 1.76. The molecule has 3 aromatic heterocycles. The molecule has 0 atom stereocenters. The fourth-order valence-corrected chi connectivity index (χ4v) is 3.85. The highest BCUT2D eigenvalue weighted by molar-refractivity contribution is 6.30. The maximum absolute atomic E-state index is 11.9. The first-order chi connectivity index (χ1) is 18.2. The van der Waals surface area contributed by atoms with Crippen molar-refractivity contribution < 1.29 is 4.79 Å². The molecular weight excluding hydrogens is 504 g/mol. The molecule has 10 nitrogen and oxygen atoms in total. The van der Waals surface area contributed by atoms with Crippen LogP contribution in [0.25, 0.3) is 27.6 Å². The van der Waals surface area contributed by atoms with Gasteiger partial charge >= 0.3 is 0 Å². The second kappa shape index (κ2) is 11.7. The number of nitrogens with one attached hydrogen (secondary N) is 3. The predicted molar refractivity (Wildman–Crippen MR) is 150 cm³/mol. The summed E-state index contributed by atoms with van der Waals surface area (Å²) in [6.45, 7) is 0.482. The lowest BCUT2D eigenvalue weighted by atomic mass is 10.0. The van der Waals surface area contributed by atoms with E-state index in [0.29, 0.717) is 34.3 Å². The Morgan fingerprint density at radius 3 is 2.63 bits per heavy atom. The number of benzene rings is 1. The second-order valence-corrected chi connectivity index (χ2v) is 9.21. The Labute approximate surface area is 224 Å². The number of anilines is 1. The normalized spacial score (nSPS) is 11.3. The van der Waals surface area contributed by atoms with Crippen LogP contribution < -0.4 is 16.2 Å². The third-order valence-electron chi connectivity index (χ3n) is 5.76. The lowest BCUT2D eigenvalue weighted by Crippen LogP contribution is -2.30. The van der Waals surface area contributed by atoms with Crippen molar-refractivity contribution in [2.75, 3.05) is 26.0 Å². The number of hydrogen-bond donors (Lipinski definition) is 3. The maximum atomic E-state index is 11.9. The van der Waals surface area contributed by atoms with Crippen LogP contribution in [0.15, 0.2) is 66.0 Å². The fourth-order valence-electron chi connectivity index (χ4n) is 3.65. The maximum Gasteiger partial charge on any atom is 0.250 e. The Morgan fingerprint density at radius 2 is 1.92 bits per heavy atom. The monoisotopic (exact) mass is 530 g/mol. The number of carbonyl (C=O) groups excluding carboxylic acids is 1. The zero-order chi connectivity index (χ0) is 27.2. The molecule has 0 aliphatic heterocycles. The Hall–Kier alpha value is -4.57. The van der Waals surface area contributed by atoms with Crippen LogP contribution >= 0.6 is 11.6 Å². The molecule has 0 aliphatic rings. The Morgan fingerprint density at radius 1 is 1.13 bits per heavy atom. The summed E-state index contributed by atoms with van der Waals surface area (Å²) < 4.78 is 1.53. The molecule has 4 rings (SSSR count). The summed E-state index contributed by atoms with van der Waals surface area (Å²) in [5.41, 5.74) is 3.61. The first-order valence-electron chi connectivity index (χ1n) is 11.7. The van der Waals surface area contributed by atoms with Crippen molar-refractivity contribution in [2.45, 2.75) is 6.54 Å². The number of hydrogen-bond acceptors (Lipinski definition) is 8. The number of likely N-dealkylation sites (N-methyl/N-ethyl adjacent to an activating group) is 1. The molecule has 11 heteroatoms. The van der Waals surface area contributed by atoms with Crippen molar-refractivity contribution in [3.05, 3.63) is 88.0 Å². The summed E-state index contributed by atoms with van der Waals surface area (Å²) in [7, 11) is 5.06. The van der Waals surface area contributed by atoms with Gasteiger partial charge in [0, 0.05) is 70.1 Å². The number of amides is 1. The zero-order valence-electron chi connectivity index (χ0n) is 21.2. The van der Waals surface area contributed by atoms with Gasteiger partial charge in [0.25, 0.3) is 0 Å². The minimum atomic E-state index is -0.103. The number of pyridine rings is 2. The number of halogens is 1. The summed E-state index contributed by atoms with van der Waals surface area (Å²) in [5.74, 6) is 0.765. The van der Waals surface area contributed by atoms with Crippen molar-refractivity contribution in [2.24, 2.45) is 7.05 Å². The Kier molecular flexibility index (Phi) is 8.12. The summed E-state index contributed by atoms with van der Waals surface area (Å²) in [4.78, 5) is 38.8. The summed E-state index contributed by atoms with van der Waals surface area (Å²) >= 11 is 6.10. The Bertz CT molecular complexity index is 1600. The van der Waals surface area contributed by atoms with Crippen LogP contribution in [-0.2, 0) is 18.4 Å². The molecule has 0 bridgehead atoms. The highest BCUT2D eigenvalue weighted by Crippen LogP contribution is 2.28. The number of fused-ring (bicyclic) bond motifs is 1. The molecule has 4 aromatic rings. The minimum absolute atomic E-state index is 0.0771. The number of allylic oxidation sites excluding steroid dienone is 1. The topological polar surface area (TPSA) is 129 Å². The van der Waals surface area contributed by atoms with Crippen LogP contribution in [0.3, 0.4) is 0 Å². The van der Waals surface area contributed by atoms with Crippen molar-refractivity contribution in [3.8, 4) is 11.1 Å². The van der Waals surface area contributed by atoms with Gasteiger partial charge in [-0.3, -0.25) is 14.6 Å². The summed E-state index contributed by atoms with van der Waals surface area (Å²) in [6.07, 6.45) is 7.75. The molecule has 0 unspecified atom stereocenters. The molecule has 0 spiro atoms. The highest BCUT2D eigenvalue weighted by Gasteiger charge is 2.13. The molecule has 0 saturated heterocycles. The van der Waals surface area contributed by atoms with E-state index in [1.807, 2.05) is 24.3 Å². The standard InChI is InChI=1S/C27H27ClN8O2/c1-35(2)25(38)15-31-13-20(10-29)26-33-23-6-4-18(19-5-7-24(37)36(3)16-19)9-22(23)27(34-26)32-12-17-8-21(28)14-30-11-17/h4-11,13-14,16,29,31H,12,15H2,1-3H3,(H,32,33,34)/b20-13+,29-10?. The molecule has 3 heterocycles. The first-order valence-corrected chi connectivity index (χ1v) is 12.1. The molecule has 1 aromatic carbocycles. The highest BCUT2D eigenvalue weighted by atomic mass is 35.5. The molecule has 0 radical (unpaired) electrons.